The molecule has 0 fully saturated rings. The van der Waals surface area contributed by atoms with Crippen LogP contribution in [0.4, 0.5) is 0 Å². The van der Waals surface area contributed by atoms with Gasteiger partial charge in [0, 0.05) is 21.4 Å². The molecular weight excluding hydrogens is 353 g/mol. The van der Waals surface area contributed by atoms with Crippen LogP contribution in [0, 0.1) is 0 Å². The van der Waals surface area contributed by atoms with Gasteiger partial charge in [-0.3, -0.25) is 0 Å². The Morgan fingerprint density at radius 2 is 1.95 bits per heavy atom. The van der Waals surface area contributed by atoms with Gasteiger partial charge >= 0.3 is 35.5 Å². The fraction of sp³-hybridized carbons (Fsp3) is 0. The Labute approximate surface area is 150 Å². The number of pyridine rings is 1. The molecule has 0 aliphatic rings. The van der Waals surface area contributed by atoms with Gasteiger partial charge in [0.2, 0.25) is 0 Å². The van der Waals surface area contributed by atoms with Gasteiger partial charge in [-0.15, -0.1) is 0 Å². The molecule has 2 aromatic carbocycles. The molecule has 96 valence electrons. The molecule has 0 saturated heterocycles. The first kappa shape index (κ1) is 15.7. The van der Waals surface area contributed by atoms with Crippen LogP contribution in [0.15, 0.2) is 41.0 Å². The number of aromatic nitrogens is 1. The number of fused-ring (bicyclic) bond motifs is 3. The molecule has 1 heterocycles. The third kappa shape index (κ3) is 2.59. The molecule has 0 saturated carbocycles. The molecule has 0 unspecified atom stereocenters. The monoisotopic (exact) mass is 359 g/mol. The van der Waals surface area contributed by atoms with Crippen molar-refractivity contribution < 1.29 is 9.90 Å². The summed E-state index contributed by atoms with van der Waals surface area (Å²) in [4.78, 5) is 15.1. The van der Waals surface area contributed by atoms with Crippen LogP contribution in [0.2, 0.25) is 5.15 Å². The van der Waals surface area contributed by atoms with Crippen LogP contribution in [0.5, 0.6) is 0 Å². The van der Waals surface area contributed by atoms with Gasteiger partial charge < -0.3 is 5.11 Å². The number of aromatic carboxylic acids is 1. The van der Waals surface area contributed by atoms with Gasteiger partial charge in [0.05, 0.1) is 5.56 Å². The van der Waals surface area contributed by atoms with Crippen molar-refractivity contribution in [2.45, 2.75) is 0 Å². The SMILES string of the molecule is O=C(O)c1ccc2c(c1)cc(Br)c1ccnc(Cl)c12.[NaH]. The summed E-state index contributed by atoms with van der Waals surface area (Å²) in [6.07, 6.45) is 1.65. The number of hydrogen-bond donors (Lipinski definition) is 1. The number of carbonyl (C=O) groups is 1. The van der Waals surface area contributed by atoms with Crippen molar-refractivity contribution >= 4 is 84.6 Å². The second-order valence-electron chi connectivity index (χ2n) is 4.12. The van der Waals surface area contributed by atoms with E-state index in [-0.39, 0.29) is 35.1 Å². The number of hydrogen-bond acceptors (Lipinski definition) is 2. The number of nitrogens with zero attached hydrogens (tertiary/aromatic N) is 1. The van der Waals surface area contributed by atoms with Crippen molar-refractivity contribution in [3.05, 3.63) is 51.7 Å². The summed E-state index contributed by atoms with van der Waals surface area (Å²) in [6, 6.07) is 8.73. The van der Waals surface area contributed by atoms with E-state index in [9.17, 15) is 4.79 Å². The summed E-state index contributed by atoms with van der Waals surface area (Å²) in [5.41, 5.74) is 0.249. The number of halogens is 2. The number of carboxylic acids is 1. The molecule has 0 radical (unpaired) electrons. The molecule has 0 aliphatic heterocycles. The van der Waals surface area contributed by atoms with Gasteiger partial charge in [0.15, 0.2) is 0 Å². The Morgan fingerprint density at radius 3 is 2.65 bits per heavy atom. The van der Waals surface area contributed by atoms with Crippen LogP contribution in [0.25, 0.3) is 21.5 Å². The molecule has 0 spiro atoms. The second kappa shape index (κ2) is 6.00. The summed E-state index contributed by atoms with van der Waals surface area (Å²) in [5, 5.41) is 12.9. The molecule has 0 amide bonds. The summed E-state index contributed by atoms with van der Waals surface area (Å²) in [6.45, 7) is 0. The van der Waals surface area contributed by atoms with Crippen LogP contribution in [-0.2, 0) is 0 Å². The maximum absolute atomic E-state index is 11.0. The molecule has 0 atom stereocenters. The molecule has 0 aliphatic carbocycles. The van der Waals surface area contributed by atoms with Crippen LogP contribution in [0.3, 0.4) is 0 Å². The van der Waals surface area contributed by atoms with E-state index in [4.69, 9.17) is 16.7 Å². The van der Waals surface area contributed by atoms with Crippen LogP contribution in [-0.4, -0.2) is 45.6 Å². The summed E-state index contributed by atoms with van der Waals surface area (Å²) < 4.78 is 0.863. The van der Waals surface area contributed by atoms with E-state index in [1.807, 2.05) is 12.1 Å². The Morgan fingerprint density at radius 1 is 1.20 bits per heavy atom. The van der Waals surface area contributed by atoms with E-state index in [2.05, 4.69) is 20.9 Å². The molecule has 3 aromatic rings. The molecule has 1 N–H and O–H groups in total. The average Bonchev–Trinajstić information content (AvgIpc) is 2.38. The Bertz CT molecular complexity index is 838. The fourth-order valence-corrected chi connectivity index (χ4v) is 2.99. The van der Waals surface area contributed by atoms with Crippen molar-refractivity contribution in [3.63, 3.8) is 0 Å². The van der Waals surface area contributed by atoms with E-state index in [1.165, 1.54) is 0 Å². The Hall–Kier alpha value is -0.650. The first-order valence-electron chi connectivity index (χ1n) is 5.47. The van der Waals surface area contributed by atoms with Crippen LogP contribution < -0.4 is 0 Å². The molecule has 3 rings (SSSR count). The normalized spacial score (nSPS) is 10.5. The maximum atomic E-state index is 11.0. The standard InChI is InChI=1S/C14H7BrClNO2.Na.H/c15-11-6-8-5-7(14(18)19)1-2-9(8)12-10(11)3-4-17-13(12)16;;/h1-6H,(H,18,19);;. The van der Waals surface area contributed by atoms with Crippen molar-refractivity contribution in [2.75, 3.05) is 0 Å². The van der Waals surface area contributed by atoms with Gasteiger partial charge in [-0.25, -0.2) is 9.78 Å². The van der Waals surface area contributed by atoms with E-state index in [0.717, 1.165) is 26.0 Å². The van der Waals surface area contributed by atoms with Crippen molar-refractivity contribution in [1.82, 2.24) is 4.98 Å². The summed E-state index contributed by atoms with van der Waals surface area (Å²) in [5.74, 6) is -0.949. The molecule has 0 bridgehead atoms. The van der Waals surface area contributed by atoms with Crippen molar-refractivity contribution in [3.8, 4) is 0 Å². The molecule has 3 nitrogen and oxygen atoms in total. The molecule has 20 heavy (non-hydrogen) atoms. The zero-order valence-corrected chi connectivity index (χ0v) is 11.9. The minimum atomic E-state index is -0.949. The van der Waals surface area contributed by atoms with Gasteiger partial charge in [-0.05, 0) is 35.0 Å². The third-order valence-electron chi connectivity index (χ3n) is 3.01. The average molecular weight is 361 g/mol. The quantitative estimate of drug-likeness (QED) is 0.407. The second-order valence-corrected chi connectivity index (χ2v) is 5.34. The third-order valence-corrected chi connectivity index (χ3v) is 3.95. The van der Waals surface area contributed by atoms with Crippen molar-refractivity contribution in [2.24, 2.45) is 0 Å². The first-order chi connectivity index (χ1) is 9.08. The molecule has 6 heteroatoms. The van der Waals surface area contributed by atoms with E-state index < -0.39 is 5.97 Å². The number of rotatable bonds is 1. The fourth-order valence-electron chi connectivity index (χ4n) is 2.15. The molecular formula is C14H8BrClNNaO2. The predicted molar refractivity (Wildman–Crippen MR) is 86.1 cm³/mol. The first-order valence-corrected chi connectivity index (χ1v) is 6.65. The Kier molecular flexibility index (Phi) is 4.72. The van der Waals surface area contributed by atoms with Gasteiger partial charge in [0.25, 0.3) is 0 Å². The summed E-state index contributed by atoms with van der Waals surface area (Å²) in [7, 11) is 0. The number of benzene rings is 2. The van der Waals surface area contributed by atoms with Gasteiger partial charge in [-0.2, -0.15) is 0 Å². The zero-order valence-electron chi connectivity index (χ0n) is 9.52. The Balaban J connectivity index is 0.00000147. The van der Waals surface area contributed by atoms with Gasteiger partial charge in [-0.1, -0.05) is 33.6 Å². The predicted octanol–water partition coefficient (Wildman–Crippen LogP) is 3.85. The van der Waals surface area contributed by atoms with Gasteiger partial charge in [0.1, 0.15) is 5.15 Å². The topological polar surface area (TPSA) is 50.2 Å². The van der Waals surface area contributed by atoms with E-state index in [1.54, 1.807) is 24.4 Å². The van der Waals surface area contributed by atoms with E-state index >= 15 is 0 Å². The number of carboxylic acid groups (broad SMARTS) is 1. The summed E-state index contributed by atoms with van der Waals surface area (Å²) >= 11 is 9.64. The minimum absolute atomic E-state index is 0. The molecule has 1 aromatic heterocycles. The zero-order chi connectivity index (χ0) is 13.6. The van der Waals surface area contributed by atoms with Crippen LogP contribution >= 0.6 is 27.5 Å². The van der Waals surface area contributed by atoms with Crippen LogP contribution in [0.1, 0.15) is 10.4 Å². The van der Waals surface area contributed by atoms with Crippen molar-refractivity contribution in [1.29, 1.82) is 0 Å². The van der Waals surface area contributed by atoms with E-state index in [0.29, 0.717) is 5.15 Å².